The molecule has 1 unspecified atom stereocenters. The van der Waals surface area contributed by atoms with E-state index in [9.17, 15) is 14.7 Å². The number of benzene rings is 3. The van der Waals surface area contributed by atoms with Crippen molar-refractivity contribution in [3.63, 3.8) is 0 Å². The molecule has 0 saturated carbocycles. The summed E-state index contributed by atoms with van der Waals surface area (Å²) in [6, 6.07) is 29.3. The van der Waals surface area contributed by atoms with Crippen molar-refractivity contribution < 1.29 is 23.8 Å². The van der Waals surface area contributed by atoms with Crippen molar-refractivity contribution in [3.8, 4) is 16.3 Å². The summed E-state index contributed by atoms with van der Waals surface area (Å²) in [5.41, 5.74) is 3.15. The fourth-order valence-electron chi connectivity index (χ4n) is 4.89. The van der Waals surface area contributed by atoms with Crippen molar-refractivity contribution in [2.24, 2.45) is 0 Å². The van der Waals surface area contributed by atoms with Crippen molar-refractivity contribution in [1.29, 1.82) is 0 Å². The van der Waals surface area contributed by atoms with E-state index >= 15 is 0 Å². The predicted molar refractivity (Wildman–Crippen MR) is 155 cm³/mol. The number of carbonyl (C=O) groups excluding carboxylic acids is 2. The molecule has 1 atom stereocenters. The van der Waals surface area contributed by atoms with Gasteiger partial charge in [-0.05, 0) is 42.3 Å². The maximum atomic E-state index is 14.1. The largest absolute Gasteiger partial charge is 0.503 e. The van der Waals surface area contributed by atoms with Crippen molar-refractivity contribution >= 4 is 23.0 Å². The Morgan fingerprint density at radius 3 is 2.37 bits per heavy atom. The van der Waals surface area contributed by atoms with E-state index in [1.807, 2.05) is 72.8 Å². The molecule has 3 heterocycles. The van der Waals surface area contributed by atoms with Crippen LogP contribution in [0.2, 0.25) is 0 Å². The second-order valence-corrected chi connectivity index (χ2v) is 10.6. The van der Waals surface area contributed by atoms with E-state index in [4.69, 9.17) is 9.15 Å². The normalized spacial score (nSPS) is 15.0. The minimum atomic E-state index is -0.829. The summed E-state index contributed by atoms with van der Waals surface area (Å²) in [7, 11) is 0. The molecule has 0 spiro atoms. The van der Waals surface area contributed by atoms with Crippen LogP contribution in [0, 0.1) is 6.92 Å². The summed E-state index contributed by atoms with van der Waals surface area (Å²) < 4.78 is 11.4. The number of aliphatic hydroxyl groups is 1. The molecule has 2 aromatic heterocycles. The minimum absolute atomic E-state index is 0.0193. The third-order valence-electron chi connectivity index (χ3n) is 6.92. The van der Waals surface area contributed by atoms with Gasteiger partial charge in [0.25, 0.3) is 5.91 Å². The molecule has 6 rings (SSSR count). The number of nitrogens with zero attached hydrogens (tertiary/aromatic N) is 2. The number of ketones is 1. The van der Waals surface area contributed by atoms with Gasteiger partial charge in [0.15, 0.2) is 5.76 Å². The zero-order chi connectivity index (χ0) is 28.3. The number of carbonyl (C=O) groups is 2. The van der Waals surface area contributed by atoms with Crippen LogP contribution in [0.1, 0.15) is 38.3 Å². The molecule has 1 aliphatic rings. The second kappa shape index (κ2) is 11.3. The number of Topliss-reactive ketones (excluding diaryl/α,β-unsaturated/α-hetero) is 1. The van der Waals surface area contributed by atoms with Gasteiger partial charge in [-0.25, -0.2) is 4.98 Å². The van der Waals surface area contributed by atoms with Gasteiger partial charge in [0.1, 0.15) is 23.1 Å². The quantitative estimate of drug-likeness (QED) is 0.193. The molecule has 0 bridgehead atoms. The van der Waals surface area contributed by atoms with Crippen LogP contribution in [-0.2, 0) is 17.9 Å². The molecular formula is C33H26N2O5S. The standard InChI is InChI=1S/C33H26N2O5S/c1-21-31(41-32(34-21)24-11-6-3-7-12-24)29(36)27-28(35(33(38)30(27)37)19-26-13-8-18-39-26)23-14-16-25(17-15-23)40-20-22-9-4-2-5-10-22/h2-18,28,37H,19-20H2,1H3. The molecule has 0 aliphatic carbocycles. The van der Waals surface area contributed by atoms with Crippen LogP contribution in [0.5, 0.6) is 5.75 Å². The third kappa shape index (κ3) is 5.29. The molecule has 1 amide bonds. The minimum Gasteiger partial charge on any atom is -0.503 e. The van der Waals surface area contributed by atoms with E-state index in [1.165, 1.54) is 22.5 Å². The molecule has 1 aliphatic heterocycles. The number of hydrogen-bond acceptors (Lipinski definition) is 7. The first-order chi connectivity index (χ1) is 20.0. The first-order valence-electron chi connectivity index (χ1n) is 13.1. The highest BCUT2D eigenvalue weighted by Crippen LogP contribution is 2.42. The van der Waals surface area contributed by atoms with Gasteiger partial charge in [0, 0.05) is 5.56 Å². The number of ether oxygens (including phenoxy) is 1. The average molecular weight is 563 g/mol. The first kappa shape index (κ1) is 26.3. The summed E-state index contributed by atoms with van der Waals surface area (Å²) in [6.07, 6.45) is 1.52. The molecule has 0 fully saturated rings. The molecule has 8 heteroatoms. The maximum Gasteiger partial charge on any atom is 0.290 e. The van der Waals surface area contributed by atoms with E-state index in [-0.39, 0.29) is 12.1 Å². The highest BCUT2D eigenvalue weighted by molar-refractivity contribution is 7.17. The van der Waals surface area contributed by atoms with Gasteiger partial charge in [-0.3, -0.25) is 9.59 Å². The topological polar surface area (TPSA) is 92.9 Å². The zero-order valence-electron chi connectivity index (χ0n) is 22.2. The average Bonchev–Trinajstić information content (AvgIpc) is 3.73. The van der Waals surface area contributed by atoms with Crippen LogP contribution < -0.4 is 4.74 Å². The maximum absolute atomic E-state index is 14.1. The zero-order valence-corrected chi connectivity index (χ0v) is 23.0. The monoisotopic (exact) mass is 562 g/mol. The number of hydrogen-bond donors (Lipinski definition) is 1. The number of aromatic nitrogens is 1. The van der Waals surface area contributed by atoms with Gasteiger partial charge in [-0.1, -0.05) is 72.8 Å². The van der Waals surface area contributed by atoms with E-state index in [2.05, 4.69) is 4.98 Å². The van der Waals surface area contributed by atoms with E-state index < -0.39 is 23.5 Å². The Morgan fingerprint density at radius 1 is 0.976 bits per heavy atom. The lowest BCUT2D eigenvalue weighted by molar-refractivity contribution is -0.130. The molecule has 7 nitrogen and oxygen atoms in total. The number of aryl methyl sites for hydroxylation is 1. The number of furan rings is 1. The van der Waals surface area contributed by atoms with Gasteiger partial charge < -0.3 is 19.2 Å². The fourth-order valence-corrected chi connectivity index (χ4v) is 5.91. The lowest BCUT2D eigenvalue weighted by atomic mass is 9.95. The molecule has 204 valence electrons. The van der Waals surface area contributed by atoms with Crippen LogP contribution in [-0.4, -0.2) is 26.7 Å². The van der Waals surface area contributed by atoms with Crippen molar-refractivity contribution in [1.82, 2.24) is 9.88 Å². The Balaban J connectivity index is 1.34. The van der Waals surface area contributed by atoms with E-state index in [0.717, 1.165) is 11.1 Å². The Kier molecular flexibility index (Phi) is 7.22. The highest BCUT2D eigenvalue weighted by Gasteiger charge is 2.45. The fraction of sp³-hybridized carbons (Fsp3) is 0.121. The van der Waals surface area contributed by atoms with Crippen molar-refractivity contribution in [3.05, 3.63) is 142 Å². The highest BCUT2D eigenvalue weighted by atomic mass is 32.1. The SMILES string of the molecule is Cc1nc(-c2ccccc2)sc1C(=O)C1=C(O)C(=O)N(Cc2ccco2)C1c1ccc(OCc2ccccc2)cc1. The lowest BCUT2D eigenvalue weighted by Gasteiger charge is -2.26. The van der Waals surface area contributed by atoms with Crippen LogP contribution in [0.25, 0.3) is 10.6 Å². The second-order valence-electron chi connectivity index (χ2n) is 9.65. The molecule has 41 heavy (non-hydrogen) atoms. The molecule has 0 saturated heterocycles. The van der Waals surface area contributed by atoms with Crippen molar-refractivity contribution in [2.45, 2.75) is 26.1 Å². The van der Waals surface area contributed by atoms with E-state index in [1.54, 1.807) is 31.2 Å². The van der Waals surface area contributed by atoms with Crippen LogP contribution in [0.15, 0.2) is 119 Å². The molecular weight excluding hydrogens is 536 g/mol. The number of aliphatic hydroxyl groups excluding tert-OH is 1. The Labute approximate surface area is 241 Å². The molecule has 1 N–H and O–H groups in total. The molecule has 3 aromatic carbocycles. The van der Waals surface area contributed by atoms with Gasteiger partial charge in [-0.15, -0.1) is 11.3 Å². The smallest absolute Gasteiger partial charge is 0.290 e. The third-order valence-corrected chi connectivity index (χ3v) is 8.13. The van der Waals surface area contributed by atoms with Crippen molar-refractivity contribution in [2.75, 3.05) is 0 Å². The number of amides is 1. The summed E-state index contributed by atoms with van der Waals surface area (Å²) in [5.74, 6) is -0.446. The number of thiazole rings is 1. The lowest BCUT2D eigenvalue weighted by Crippen LogP contribution is -2.30. The first-order valence-corrected chi connectivity index (χ1v) is 13.9. The Morgan fingerprint density at radius 2 is 1.68 bits per heavy atom. The summed E-state index contributed by atoms with van der Waals surface area (Å²) in [5, 5.41) is 11.8. The Bertz CT molecular complexity index is 1710. The number of rotatable bonds is 9. The Hall–Kier alpha value is -4.95. The molecule has 0 radical (unpaired) electrons. The summed E-state index contributed by atoms with van der Waals surface area (Å²) in [4.78, 5) is 33.9. The van der Waals surface area contributed by atoms with Crippen LogP contribution in [0.3, 0.4) is 0 Å². The van der Waals surface area contributed by atoms with E-state index in [0.29, 0.717) is 39.3 Å². The summed E-state index contributed by atoms with van der Waals surface area (Å²) >= 11 is 1.25. The summed E-state index contributed by atoms with van der Waals surface area (Å²) in [6.45, 7) is 2.26. The van der Waals surface area contributed by atoms with Gasteiger partial charge in [0.05, 0.1) is 35.0 Å². The van der Waals surface area contributed by atoms with Gasteiger partial charge >= 0.3 is 0 Å². The predicted octanol–water partition coefficient (Wildman–Crippen LogP) is 7.07. The molecule has 5 aromatic rings. The van der Waals surface area contributed by atoms with Crippen LogP contribution >= 0.6 is 11.3 Å². The van der Waals surface area contributed by atoms with Gasteiger partial charge in [-0.2, -0.15) is 0 Å². The van der Waals surface area contributed by atoms with Crippen LogP contribution in [0.4, 0.5) is 0 Å². The van der Waals surface area contributed by atoms with Gasteiger partial charge in [0.2, 0.25) is 5.78 Å².